The zero-order valence-electron chi connectivity index (χ0n) is 26.9. The first kappa shape index (κ1) is 28.1. The van der Waals surface area contributed by atoms with Crippen molar-refractivity contribution in [2.45, 2.75) is 33.1 Å². The summed E-state index contributed by atoms with van der Waals surface area (Å²) in [6, 6.07) is 55.7. The highest BCUT2D eigenvalue weighted by Gasteiger charge is 2.39. The third-order valence-corrected chi connectivity index (χ3v) is 9.99. The first-order chi connectivity index (χ1) is 22.4. The monoisotopic (exact) mass is 591 g/mol. The van der Waals surface area contributed by atoms with Crippen LogP contribution in [0.5, 0.6) is 0 Å². The number of benzene rings is 7. The van der Waals surface area contributed by atoms with Crippen LogP contribution in [0.25, 0.3) is 44.2 Å². The maximum Gasteiger partial charge on any atom is 0.0621 e. The number of fused-ring (bicyclic) bond motifs is 4. The van der Waals surface area contributed by atoms with Crippen LogP contribution in [0.1, 0.15) is 36.1 Å². The van der Waals surface area contributed by atoms with E-state index in [1.54, 1.807) is 0 Å². The van der Waals surface area contributed by atoms with Crippen LogP contribution in [-0.4, -0.2) is 0 Å². The van der Waals surface area contributed by atoms with E-state index in [0.29, 0.717) is 0 Å². The molecule has 7 aromatic carbocycles. The number of rotatable bonds is 5. The van der Waals surface area contributed by atoms with Crippen molar-refractivity contribution >= 4 is 27.8 Å². The van der Waals surface area contributed by atoms with Gasteiger partial charge in [-0.2, -0.15) is 0 Å². The lowest BCUT2D eigenvalue weighted by molar-refractivity contribution is 0.661. The molecule has 0 N–H and O–H groups in total. The van der Waals surface area contributed by atoms with E-state index in [0.717, 1.165) is 5.69 Å². The Labute approximate surface area is 272 Å². The fourth-order valence-corrected chi connectivity index (χ4v) is 7.38. The van der Waals surface area contributed by atoms with Crippen molar-refractivity contribution in [3.05, 3.63) is 174 Å². The standard InChI is InChI=1S/C45H37N/c1-30-22-25-36(28-31(30)2)46(35-26-23-33(24-27-35)38-18-11-10-17-37(38)32-14-6-5-7-15-32)44-39-19-9-8-16-34(39)29-42-43(44)40-20-12-13-21-41(40)45(42,3)4/h5-29H,1-4H3. The van der Waals surface area contributed by atoms with Crippen LogP contribution in [0, 0.1) is 13.8 Å². The van der Waals surface area contributed by atoms with Gasteiger partial charge in [0.05, 0.1) is 5.69 Å². The molecule has 0 amide bonds. The number of aryl methyl sites for hydroxylation is 2. The van der Waals surface area contributed by atoms with Gasteiger partial charge in [0.1, 0.15) is 0 Å². The van der Waals surface area contributed by atoms with Gasteiger partial charge in [0.15, 0.2) is 0 Å². The highest BCUT2D eigenvalue weighted by Crippen LogP contribution is 2.56. The summed E-state index contributed by atoms with van der Waals surface area (Å²) in [6.07, 6.45) is 0. The number of hydrogen-bond donors (Lipinski definition) is 0. The van der Waals surface area contributed by atoms with E-state index in [-0.39, 0.29) is 5.41 Å². The second-order valence-corrected chi connectivity index (χ2v) is 13.1. The SMILES string of the molecule is Cc1ccc(N(c2ccc(-c3ccccc3-c3ccccc3)cc2)c2c3c(cc4ccccc24)C(C)(C)c2ccccc2-3)cc1C. The molecule has 1 aliphatic carbocycles. The van der Waals surface area contributed by atoms with Gasteiger partial charge in [-0.3, -0.25) is 0 Å². The summed E-state index contributed by atoms with van der Waals surface area (Å²) in [5.41, 5.74) is 16.4. The van der Waals surface area contributed by atoms with Crippen LogP contribution in [-0.2, 0) is 5.41 Å². The Morgan fingerprint density at radius 3 is 1.76 bits per heavy atom. The molecule has 0 unspecified atom stereocenters. The molecule has 46 heavy (non-hydrogen) atoms. The molecule has 222 valence electrons. The Hall–Kier alpha value is -5.40. The second kappa shape index (κ2) is 10.9. The second-order valence-electron chi connectivity index (χ2n) is 13.1. The van der Waals surface area contributed by atoms with Crippen LogP contribution < -0.4 is 4.90 Å². The van der Waals surface area contributed by atoms with Crippen LogP contribution in [0.15, 0.2) is 152 Å². The Bertz CT molecular complexity index is 2240. The fraction of sp³-hybridized carbons (Fsp3) is 0.111. The summed E-state index contributed by atoms with van der Waals surface area (Å²) in [6.45, 7) is 9.15. The largest absolute Gasteiger partial charge is 0.309 e. The van der Waals surface area contributed by atoms with Gasteiger partial charge >= 0.3 is 0 Å². The Morgan fingerprint density at radius 2 is 1.04 bits per heavy atom. The van der Waals surface area contributed by atoms with E-state index in [1.165, 1.54) is 77.8 Å². The number of hydrogen-bond acceptors (Lipinski definition) is 1. The molecular weight excluding hydrogens is 555 g/mol. The van der Waals surface area contributed by atoms with Gasteiger partial charge < -0.3 is 4.90 Å². The summed E-state index contributed by atoms with van der Waals surface area (Å²) < 4.78 is 0. The lowest BCUT2D eigenvalue weighted by Crippen LogP contribution is -2.16. The molecule has 0 atom stereocenters. The molecule has 8 rings (SSSR count). The average molecular weight is 592 g/mol. The lowest BCUT2D eigenvalue weighted by atomic mass is 9.81. The molecule has 1 heteroatoms. The minimum Gasteiger partial charge on any atom is -0.309 e. The van der Waals surface area contributed by atoms with Crippen molar-refractivity contribution in [3.63, 3.8) is 0 Å². The zero-order valence-corrected chi connectivity index (χ0v) is 26.9. The normalized spacial score (nSPS) is 13.0. The third-order valence-electron chi connectivity index (χ3n) is 9.99. The van der Waals surface area contributed by atoms with Gasteiger partial charge in [-0.25, -0.2) is 0 Å². The molecule has 0 heterocycles. The van der Waals surface area contributed by atoms with E-state index in [1.807, 2.05) is 0 Å². The highest BCUT2D eigenvalue weighted by atomic mass is 15.1. The molecule has 0 saturated heterocycles. The Balaban J connectivity index is 1.38. The number of nitrogens with zero attached hydrogens (tertiary/aromatic N) is 1. The van der Waals surface area contributed by atoms with Gasteiger partial charge in [0.2, 0.25) is 0 Å². The van der Waals surface area contributed by atoms with Gasteiger partial charge in [0, 0.05) is 27.7 Å². The van der Waals surface area contributed by atoms with Gasteiger partial charge in [0.25, 0.3) is 0 Å². The summed E-state index contributed by atoms with van der Waals surface area (Å²) in [5, 5.41) is 2.52. The third kappa shape index (κ3) is 4.46. The topological polar surface area (TPSA) is 3.24 Å². The molecule has 1 nitrogen and oxygen atoms in total. The van der Waals surface area contributed by atoms with Crippen molar-refractivity contribution in [3.8, 4) is 33.4 Å². The first-order valence-corrected chi connectivity index (χ1v) is 16.2. The predicted octanol–water partition coefficient (Wildman–Crippen LogP) is 12.6. The van der Waals surface area contributed by atoms with Crippen molar-refractivity contribution in [1.29, 1.82) is 0 Å². The minimum absolute atomic E-state index is 0.107. The molecule has 0 aliphatic heterocycles. The van der Waals surface area contributed by atoms with E-state index >= 15 is 0 Å². The molecule has 0 fully saturated rings. The maximum atomic E-state index is 2.50. The molecule has 1 aliphatic rings. The van der Waals surface area contributed by atoms with Crippen LogP contribution >= 0.6 is 0 Å². The molecule has 0 radical (unpaired) electrons. The zero-order chi connectivity index (χ0) is 31.4. The molecule has 0 saturated carbocycles. The van der Waals surface area contributed by atoms with Crippen LogP contribution in [0.3, 0.4) is 0 Å². The molecule has 0 spiro atoms. The van der Waals surface area contributed by atoms with Crippen molar-refractivity contribution < 1.29 is 0 Å². The van der Waals surface area contributed by atoms with Crippen molar-refractivity contribution in [1.82, 2.24) is 0 Å². The van der Waals surface area contributed by atoms with Crippen molar-refractivity contribution in [2.75, 3.05) is 4.90 Å². The maximum absolute atomic E-state index is 2.50. The van der Waals surface area contributed by atoms with E-state index in [4.69, 9.17) is 0 Å². The predicted molar refractivity (Wildman–Crippen MR) is 197 cm³/mol. The van der Waals surface area contributed by atoms with Gasteiger partial charge in [-0.15, -0.1) is 0 Å². The van der Waals surface area contributed by atoms with Crippen LogP contribution in [0.2, 0.25) is 0 Å². The summed E-state index contributed by atoms with van der Waals surface area (Å²) in [5.74, 6) is 0. The highest BCUT2D eigenvalue weighted by molar-refractivity contribution is 6.09. The summed E-state index contributed by atoms with van der Waals surface area (Å²) in [7, 11) is 0. The number of anilines is 3. The first-order valence-electron chi connectivity index (χ1n) is 16.2. The molecule has 0 aromatic heterocycles. The fourth-order valence-electron chi connectivity index (χ4n) is 7.38. The van der Waals surface area contributed by atoms with E-state index < -0.39 is 0 Å². The van der Waals surface area contributed by atoms with E-state index in [2.05, 4.69) is 184 Å². The van der Waals surface area contributed by atoms with Gasteiger partial charge in [-0.1, -0.05) is 135 Å². The minimum atomic E-state index is -0.107. The Kier molecular flexibility index (Phi) is 6.65. The van der Waals surface area contributed by atoms with Crippen molar-refractivity contribution in [2.24, 2.45) is 0 Å². The van der Waals surface area contributed by atoms with Crippen LogP contribution in [0.4, 0.5) is 17.1 Å². The summed E-state index contributed by atoms with van der Waals surface area (Å²) >= 11 is 0. The summed E-state index contributed by atoms with van der Waals surface area (Å²) in [4.78, 5) is 2.50. The smallest absolute Gasteiger partial charge is 0.0621 e. The Morgan fingerprint density at radius 1 is 0.457 bits per heavy atom. The van der Waals surface area contributed by atoms with Gasteiger partial charge in [-0.05, 0) is 99.6 Å². The quantitative estimate of drug-likeness (QED) is 0.192. The lowest BCUT2D eigenvalue weighted by Gasteiger charge is -2.31. The molecular formula is C45H37N. The average Bonchev–Trinajstić information content (AvgIpc) is 3.32. The molecule has 0 bridgehead atoms. The molecule has 7 aromatic rings. The van der Waals surface area contributed by atoms with E-state index in [9.17, 15) is 0 Å².